The minimum absolute atomic E-state index is 0.0121. The maximum absolute atomic E-state index is 11.7. The molecule has 2 rings (SSSR count). The van der Waals surface area contributed by atoms with Crippen molar-refractivity contribution in [2.75, 3.05) is 6.54 Å². The van der Waals surface area contributed by atoms with Crippen LogP contribution in [0.4, 0.5) is 4.79 Å². The molecular formula is C14H19N3O3. The average molecular weight is 277 g/mol. The third-order valence-corrected chi connectivity index (χ3v) is 3.39. The van der Waals surface area contributed by atoms with E-state index in [9.17, 15) is 14.4 Å². The normalized spacial score (nSPS) is 19.0. The van der Waals surface area contributed by atoms with E-state index in [1.54, 1.807) is 0 Å². The number of hydrogen-bond acceptors (Lipinski definition) is 3. The lowest BCUT2D eigenvalue weighted by molar-refractivity contribution is -0.119. The van der Waals surface area contributed by atoms with Crippen molar-refractivity contribution in [3.05, 3.63) is 11.6 Å². The third kappa shape index (κ3) is 4.60. The highest BCUT2D eigenvalue weighted by Crippen LogP contribution is 2.19. The summed E-state index contributed by atoms with van der Waals surface area (Å²) in [6, 6.07) is -0.684. The molecule has 6 heteroatoms. The highest BCUT2D eigenvalue weighted by Gasteiger charge is 2.19. The van der Waals surface area contributed by atoms with Crippen molar-refractivity contribution in [3.63, 3.8) is 0 Å². The predicted octanol–water partition coefficient (Wildman–Crippen LogP) is 1.46. The fraction of sp³-hybridized carbons (Fsp3) is 0.571. The molecule has 20 heavy (non-hydrogen) atoms. The SMILES string of the molecule is O=C(CC1=NC(=O)NC(=O)C1)NCCC1=CCCCC1. The number of carbonyl (C=O) groups excluding carboxylic acids is 3. The lowest BCUT2D eigenvalue weighted by atomic mass is 9.97. The predicted molar refractivity (Wildman–Crippen MR) is 74.4 cm³/mol. The Hall–Kier alpha value is -1.98. The Balaban J connectivity index is 1.71. The fourth-order valence-corrected chi connectivity index (χ4v) is 2.40. The van der Waals surface area contributed by atoms with Gasteiger partial charge in [0.2, 0.25) is 11.8 Å². The van der Waals surface area contributed by atoms with Crippen LogP contribution in [0, 0.1) is 0 Å². The van der Waals surface area contributed by atoms with Gasteiger partial charge in [0.05, 0.1) is 12.8 Å². The first kappa shape index (κ1) is 14.4. The van der Waals surface area contributed by atoms with Crippen LogP contribution in [0.5, 0.6) is 0 Å². The zero-order chi connectivity index (χ0) is 14.4. The summed E-state index contributed by atoms with van der Waals surface area (Å²) in [4.78, 5) is 37.5. The highest BCUT2D eigenvalue weighted by molar-refractivity contribution is 6.18. The Bertz CT molecular complexity index is 480. The van der Waals surface area contributed by atoms with Gasteiger partial charge in [-0.2, -0.15) is 0 Å². The lowest BCUT2D eigenvalue weighted by Gasteiger charge is -2.14. The summed E-state index contributed by atoms with van der Waals surface area (Å²) in [5.41, 5.74) is 1.73. The van der Waals surface area contributed by atoms with Crippen LogP contribution in [0.3, 0.4) is 0 Å². The van der Waals surface area contributed by atoms with Gasteiger partial charge >= 0.3 is 6.03 Å². The minimum atomic E-state index is -0.684. The van der Waals surface area contributed by atoms with Gasteiger partial charge in [-0.25, -0.2) is 9.79 Å². The molecule has 1 heterocycles. The smallest absolute Gasteiger partial charge is 0.347 e. The van der Waals surface area contributed by atoms with E-state index >= 15 is 0 Å². The molecule has 0 aromatic heterocycles. The molecule has 0 aromatic carbocycles. The number of amides is 4. The summed E-state index contributed by atoms with van der Waals surface area (Å²) in [6.45, 7) is 0.595. The van der Waals surface area contributed by atoms with E-state index in [0.717, 1.165) is 19.3 Å². The second-order valence-electron chi connectivity index (χ2n) is 5.09. The second-order valence-corrected chi connectivity index (χ2v) is 5.09. The summed E-state index contributed by atoms with van der Waals surface area (Å²) in [5, 5.41) is 4.87. The van der Waals surface area contributed by atoms with Crippen LogP contribution in [0.1, 0.15) is 44.9 Å². The van der Waals surface area contributed by atoms with Crippen molar-refractivity contribution in [1.82, 2.24) is 10.6 Å². The highest BCUT2D eigenvalue weighted by atomic mass is 16.2. The molecule has 0 atom stereocenters. The summed E-state index contributed by atoms with van der Waals surface area (Å²) in [7, 11) is 0. The van der Waals surface area contributed by atoms with E-state index in [1.165, 1.54) is 18.4 Å². The minimum Gasteiger partial charge on any atom is -0.355 e. The van der Waals surface area contributed by atoms with E-state index < -0.39 is 11.9 Å². The number of rotatable bonds is 5. The Morgan fingerprint density at radius 3 is 2.90 bits per heavy atom. The van der Waals surface area contributed by atoms with Gasteiger partial charge in [-0.15, -0.1) is 0 Å². The molecular weight excluding hydrogens is 258 g/mol. The van der Waals surface area contributed by atoms with E-state index in [-0.39, 0.29) is 18.7 Å². The largest absolute Gasteiger partial charge is 0.355 e. The molecule has 0 spiro atoms. The van der Waals surface area contributed by atoms with Gasteiger partial charge in [0.15, 0.2) is 0 Å². The fourth-order valence-electron chi connectivity index (χ4n) is 2.40. The van der Waals surface area contributed by atoms with Gasteiger partial charge in [-0.3, -0.25) is 14.9 Å². The van der Waals surface area contributed by atoms with E-state index in [4.69, 9.17) is 0 Å². The number of carbonyl (C=O) groups is 3. The van der Waals surface area contributed by atoms with Crippen LogP contribution in [-0.4, -0.2) is 30.1 Å². The molecule has 4 amide bonds. The van der Waals surface area contributed by atoms with Gasteiger partial charge in [-0.05, 0) is 32.1 Å². The summed E-state index contributed by atoms with van der Waals surface area (Å²) >= 11 is 0. The van der Waals surface area contributed by atoms with Crippen LogP contribution >= 0.6 is 0 Å². The average Bonchev–Trinajstić information content (AvgIpc) is 2.38. The van der Waals surface area contributed by atoms with Crippen LogP contribution in [-0.2, 0) is 9.59 Å². The zero-order valence-corrected chi connectivity index (χ0v) is 11.4. The van der Waals surface area contributed by atoms with Gasteiger partial charge in [0.1, 0.15) is 0 Å². The van der Waals surface area contributed by atoms with Gasteiger partial charge in [0.25, 0.3) is 0 Å². The zero-order valence-electron chi connectivity index (χ0n) is 11.4. The number of imide groups is 1. The topological polar surface area (TPSA) is 87.6 Å². The number of nitrogens with zero attached hydrogens (tertiary/aromatic N) is 1. The van der Waals surface area contributed by atoms with Crippen LogP contribution in [0.15, 0.2) is 16.6 Å². The molecule has 0 aromatic rings. The molecule has 1 aliphatic heterocycles. The molecule has 1 aliphatic carbocycles. The molecule has 0 bridgehead atoms. The number of hydrogen-bond donors (Lipinski definition) is 2. The Morgan fingerprint density at radius 2 is 2.20 bits per heavy atom. The van der Waals surface area contributed by atoms with Crippen molar-refractivity contribution < 1.29 is 14.4 Å². The second kappa shape index (κ2) is 6.98. The maximum atomic E-state index is 11.7. The number of urea groups is 1. The first-order chi connectivity index (χ1) is 9.63. The molecule has 0 saturated heterocycles. The number of nitrogens with one attached hydrogen (secondary N) is 2. The summed E-state index contributed by atoms with van der Waals surface area (Å²) in [6.07, 6.45) is 7.90. The molecule has 0 unspecified atom stereocenters. The Labute approximate surface area is 117 Å². The first-order valence-electron chi connectivity index (χ1n) is 6.98. The van der Waals surface area contributed by atoms with Gasteiger partial charge in [-0.1, -0.05) is 11.6 Å². The molecule has 0 radical (unpaired) electrons. The monoisotopic (exact) mass is 277 g/mol. The van der Waals surface area contributed by atoms with Crippen LogP contribution in [0.25, 0.3) is 0 Å². The molecule has 0 fully saturated rings. The van der Waals surface area contributed by atoms with Crippen molar-refractivity contribution in [2.45, 2.75) is 44.9 Å². The molecule has 0 saturated carbocycles. The third-order valence-electron chi connectivity index (χ3n) is 3.39. The Kier molecular flexibility index (Phi) is 5.03. The quantitative estimate of drug-likeness (QED) is 0.746. The maximum Gasteiger partial charge on any atom is 0.347 e. The molecule has 2 aliphatic rings. The van der Waals surface area contributed by atoms with Crippen LogP contribution < -0.4 is 10.6 Å². The van der Waals surface area contributed by atoms with Crippen molar-refractivity contribution in [3.8, 4) is 0 Å². The molecule has 108 valence electrons. The standard InChI is InChI=1S/C14H19N3O3/c18-12(8-11-9-13(19)17-14(20)16-11)15-7-6-10-4-2-1-3-5-10/h4H,1-3,5-9H2,(H,15,18)(H,17,19,20). The molecule has 6 nitrogen and oxygen atoms in total. The van der Waals surface area contributed by atoms with Crippen molar-refractivity contribution >= 4 is 23.6 Å². The first-order valence-corrected chi connectivity index (χ1v) is 6.98. The van der Waals surface area contributed by atoms with E-state index in [0.29, 0.717) is 12.3 Å². The van der Waals surface area contributed by atoms with Gasteiger partial charge in [0, 0.05) is 12.3 Å². The number of allylic oxidation sites excluding steroid dienone is 1. The van der Waals surface area contributed by atoms with Crippen LogP contribution in [0.2, 0.25) is 0 Å². The summed E-state index contributed by atoms with van der Waals surface area (Å²) in [5.74, 6) is -0.595. The summed E-state index contributed by atoms with van der Waals surface area (Å²) < 4.78 is 0. The Morgan fingerprint density at radius 1 is 1.35 bits per heavy atom. The van der Waals surface area contributed by atoms with Crippen molar-refractivity contribution in [1.29, 1.82) is 0 Å². The van der Waals surface area contributed by atoms with Gasteiger partial charge < -0.3 is 5.32 Å². The molecule has 2 N–H and O–H groups in total. The van der Waals surface area contributed by atoms with E-state index in [2.05, 4.69) is 21.7 Å². The van der Waals surface area contributed by atoms with E-state index in [1.807, 2.05) is 0 Å². The lowest BCUT2D eigenvalue weighted by Crippen LogP contribution is -2.37. The number of aliphatic imine (C=N–C) groups is 1. The van der Waals surface area contributed by atoms with Crippen molar-refractivity contribution in [2.24, 2.45) is 4.99 Å².